The van der Waals surface area contributed by atoms with Crippen molar-refractivity contribution in [2.45, 2.75) is 181 Å². The summed E-state index contributed by atoms with van der Waals surface area (Å²) in [6.45, 7) is 14.4. The summed E-state index contributed by atoms with van der Waals surface area (Å²) in [6.07, 6.45) is 34.6. The number of hydrogen-bond acceptors (Lipinski definition) is 6. The lowest BCUT2D eigenvalue weighted by atomic mass is 9.74. The van der Waals surface area contributed by atoms with Gasteiger partial charge in [0.15, 0.2) is 0 Å². The summed E-state index contributed by atoms with van der Waals surface area (Å²) >= 11 is 0. The van der Waals surface area contributed by atoms with E-state index in [-0.39, 0.29) is 0 Å². The summed E-state index contributed by atoms with van der Waals surface area (Å²) in [5.74, 6) is 1.76. The molecule has 6 heterocycles. The van der Waals surface area contributed by atoms with E-state index >= 15 is 0 Å². The molecule has 8 bridgehead atoms. The van der Waals surface area contributed by atoms with Gasteiger partial charge in [-0.05, 0) is 142 Å². The number of benzene rings is 3. The molecule has 9 heteroatoms. The molecule has 0 radical (unpaired) electrons. The van der Waals surface area contributed by atoms with Gasteiger partial charge in [-0.25, -0.2) is 9.97 Å². The normalized spacial score (nSPS) is 14.4. The van der Waals surface area contributed by atoms with Gasteiger partial charge < -0.3 is 28.8 Å². The molecular weight excluding hydrogens is 948 g/mol. The van der Waals surface area contributed by atoms with E-state index in [2.05, 4.69) is 179 Å². The maximum absolute atomic E-state index is 6.77. The van der Waals surface area contributed by atoms with Crippen LogP contribution in [-0.4, -0.2) is 51.5 Å². The first-order valence-corrected chi connectivity index (χ1v) is 29.7. The van der Waals surface area contributed by atoms with Gasteiger partial charge in [-0.15, -0.1) is 0 Å². The summed E-state index contributed by atoms with van der Waals surface area (Å²) < 4.78 is 26.1. The highest BCUT2D eigenvalue weighted by Crippen LogP contribution is 2.40. The van der Waals surface area contributed by atoms with Crippen molar-refractivity contribution in [3.8, 4) is 44.9 Å². The average Bonchev–Trinajstić information content (AvgIpc) is 4.30. The van der Waals surface area contributed by atoms with Crippen LogP contribution in [0.4, 0.5) is 0 Å². The van der Waals surface area contributed by atoms with Gasteiger partial charge in [0.2, 0.25) is 0 Å². The van der Waals surface area contributed by atoms with E-state index in [4.69, 9.17) is 28.8 Å². The van der Waals surface area contributed by atoms with Crippen molar-refractivity contribution in [1.82, 2.24) is 19.9 Å². The number of unbranched alkanes of at least 4 members (excludes halogenated alkanes) is 18. The zero-order valence-electron chi connectivity index (χ0n) is 47.3. The molecule has 1 saturated heterocycles. The van der Waals surface area contributed by atoms with Crippen LogP contribution in [0, 0.1) is 0 Å². The first kappa shape index (κ1) is 55.6. The van der Waals surface area contributed by atoms with E-state index < -0.39 is 18.3 Å². The summed E-state index contributed by atoms with van der Waals surface area (Å²) in [7, 11) is -0.589. The van der Waals surface area contributed by atoms with E-state index in [9.17, 15) is 0 Å². The maximum Gasteiger partial charge on any atom is 0.495 e. The van der Waals surface area contributed by atoms with Gasteiger partial charge >= 0.3 is 7.12 Å². The monoisotopic (exact) mass is 1030 g/mol. The smallest absolute Gasteiger partial charge is 0.494 e. The number of rotatable bonds is 28. The van der Waals surface area contributed by atoms with Crippen LogP contribution in [0.15, 0.2) is 103 Å². The number of aromatic nitrogens is 4. The lowest BCUT2D eigenvalue weighted by Gasteiger charge is -2.32. The van der Waals surface area contributed by atoms with E-state index in [1.54, 1.807) is 0 Å². The third-order valence-electron chi connectivity index (χ3n) is 16.1. The molecule has 0 unspecified atom stereocenters. The average molecular weight is 1030 g/mol. The van der Waals surface area contributed by atoms with Crippen LogP contribution in [0.5, 0.6) is 11.5 Å². The van der Waals surface area contributed by atoms with Crippen LogP contribution in [0.3, 0.4) is 0 Å². The Balaban J connectivity index is 1.05. The molecule has 0 saturated carbocycles. The first-order chi connectivity index (χ1) is 37.6. The van der Waals surface area contributed by atoms with Gasteiger partial charge in [-0.3, -0.25) is 0 Å². The second kappa shape index (κ2) is 26.9. The quantitative estimate of drug-likeness (QED) is 0.0375. The summed E-state index contributed by atoms with van der Waals surface area (Å²) in [6, 6.07) is 36.2. The summed E-state index contributed by atoms with van der Waals surface area (Å²) in [5.41, 5.74) is 13.1. The molecule has 3 aromatic heterocycles. The van der Waals surface area contributed by atoms with E-state index in [0.29, 0.717) is 0 Å². The zero-order chi connectivity index (χ0) is 53.5. The Kier molecular flexibility index (Phi) is 19.5. The predicted octanol–water partition coefficient (Wildman–Crippen LogP) is 18.6. The Morgan fingerprint density at radius 3 is 1.40 bits per heavy atom. The van der Waals surface area contributed by atoms with Crippen LogP contribution in [0.2, 0.25) is 0 Å². The van der Waals surface area contributed by atoms with E-state index in [1.807, 2.05) is 0 Å². The summed E-state index contributed by atoms with van der Waals surface area (Å²) in [5, 5.41) is 0. The van der Waals surface area contributed by atoms with Crippen molar-refractivity contribution in [3.05, 3.63) is 126 Å². The van der Waals surface area contributed by atoms with Crippen LogP contribution >= 0.6 is 0 Å². The van der Waals surface area contributed by atoms with Crippen LogP contribution in [0.25, 0.3) is 79.8 Å². The number of nitrogens with one attached hydrogen (secondary N) is 2. The first-order valence-electron chi connectivity index (χ1n) is 29.7. The van der Waals surface area contributed by atoms with Crippen molar-refractivity contribution < 1.29 is 18.8 Å². The predicted molar refractivity (Wildman–Crippen MR) is 326 cm³/mol. The van der Waals surface area contributed by atoms with Crippen molar-refractivity contribution in [2.75, 3.05) is 13.2 Å². The number of fused-ring (bicyclic) bond motifs is 8. The molecule has 6 aromatic rings. The molecule has 0 aliphatic carbocycles. The van der Waals surface area contributed by atoms with E-state index in [1.165, 1.54) is 116 Å². The van der Waals surface area contributed by atoms with Crippen LogP contribution in [0.1, 0.15) is 193 Å². The topological polar surface area (TPSA) is 94.3 Å². The van der Waals surface area contributed by atoms with Gasteiger partial charge in [0, 0.05) is 38.8 Å². The zero-order valence-corrected chi connectivity index (χ0v) is 47.3. The molecule has 2 N–H and O–H groups in total. The van der Waals surface area contributed by atoms with Gasteiger partial charge in [0.05, 0.1) is 47.2 Å². The van der Waals surface area contributed by atoms with Gasteiger partial charge in [0.1, 0.15) is 11.5 Å². The SMILES string of the molecule is CCCCCCCCCCCCOc1ccc(-c2c3nc(c(-c4ccccc4B4OC(C)(C)C(C)(C)O4)c4ccc([nH]4)c(-c4ccc(OCCCCCCCCCCCC)cc4)c4nc(cc5ccc2[nH]5)C=C4)C=C3)cc1. The van der Waals surface area contributed by atoms with Crippen LogP contribution in [-0.2, 0) is 9.31 Å². The second-order valence-corrected chi connectivity index (χ2v) is 22.6. The van der Waals surface area contributed by atoms with E-state index in [0.717, 1.165) is 121 Å². The molecule has 0 spiro atoms. The van der Waals surface area contributed by atoms with Crippen molar-refractivity contribution in [1.29, 1.82) is 0 Å². The minimum Gasteiger partial charge on any atom is -0.494 e. The highest BCUT2D eigenvalue weighted by molar-refractivity contribution is 6.64. The molecule has 3 aliphatic heterocycles. The highest BCUT2D eigenvalue weighted by Gasteiger charge is 2.52. The molecule has 0 amide bonds. The molecule has 1 fully saturated rings. The lowest BCUT2D eigenvalue weighted by molar-refractivity contribution is 0.00578. The standard InChI is InChI=1S/C68H85BN4O4/c1-7-9-11-13-15-17-19-21-23-27-47-74-54-37-31-50(32-38-54)64-58-41-35-52(70-58)49-53-36-42-59(71-53)65(51-33-39-55(40-34-51)75-48-28-24-22-20-18-16-14-12-10-8-2)61-44-46-63(73-61)66(62-45-43-60(64)72-62)56-29-25-26-30-57(56)69-76-67(3,4)68(5,6)77-69/h25-26,29-46,49,70,73H,7-24,27-28,47-48H2,1-6H3. The molecule has 0 atom stereocenters. The van der Waals surface area contributed by atoms with Gasteiger partial charge in [0.25, 0.3) is 0 Å². The molecule has 404 valence electrons. The second-order valence-electron chi connectivity index (χ2n) is 22.6. The van der Waals surface area contributed by atoms with Crippen molar-refractivity contribution in [3.63, 3.8) is 0 Å². The molecule has 8 nitrogen and oxygen atoms in total. The van der Waals surface area contributed by atoms with Gasteiger partial charge in [-0.1, -0.05) is 178 Å². The number of hydrogen-bond donors (Lipinski definition) is 2. The fraction of sp³-hybridized carbons (Fsp3) is 0.441. The molecule has 77 heavy (non-hydrogen) atoms. The van der Waals surface area contributed by atoms with Crippen molar-refractivity contribution in [2.24, 2.45) is 0 Å². The fourth-order valence-corrected chi connectivity index (χ4v) is 10.9. The Morgan fingerprint density at radius 1 is 0.442 bits per heavy atom. The van der Waals surface area contributed by atoms with Gasteiger partial charge in [-0.2, -0.15) is 0 Å². The number of aromatic amines is 2. The molecular formula is C68H85BN4O4. The summed E-state index contributed by atoms with van der Waals surface area (Å²) in [4.78, 5) is 18.5. The highest BCUT2D eigenvalue weighted by atomic mass is 16.7. The Hall–Kier alpha value is -6.16. The lowest BCUT2D eigenvalue weighted by Crippen LogP contribution is -2.41. The minimum absolute atomic E-state index is 0.520. The Labute approximate surface area is 460 Å². The molecule has 9 rings (SSSR count). The van der Waals surface area contributed by atoms with Crippen LogP contribution < -0.4 is 14.9 Å². The fourth-order valence-electron chi connectivity index (χ4n) is 10.9. The number of ether oxygens (including phenoxy) is 2. The Bertz CT molecular complexity index is 3010. The number of nitrogens with zero attached hydrogens (tertiary/aromatic N) is 2. The third kappa shape index (κ3) is 14.3. The Morgan fingerprint density at radius 2 is 0.870 bits per heavy atom. The van der Waals surface area contributed by atoms with Crippen molar-refractivity contribution >= 4 is 59.0 Å². The number of H-pyrrole nitrogens is 2. The maximum atomic E-state index is 6.77. The molecule has 3 aliphatic rings. The largest absolute Gasteiger partial charge is 0.495 e. The molecule has 3 aromatic carbocycles. The minimum atomic E-state index is -0.589. The third-order valence-corrected chi connectivity index (χ3v) is 16.1.